The van der Waals surface area contributed by atoms with Crippen molar-refractivity contribution in [1.29, 1.82) is 0 Å². The van der Waals surface area contributed by atoms with Crippen LogP contribution < -0.4 is 5.32 Å². The molecule has 0 amide bonds. The van der Waals surface area contributed by atoms with Crippen LogP contribution in [0.15, 0.2) is 18.2 Å². The topological polar surface area (TPSA) is 12.0 Å². The standard InChI is InChI=1S/C16H23ClFNS/c1-2-8-19-15(16-5-3-4-9-20-16)10-12-6-7-13(18)11-14(12)17/h6-7,11,15-16,19H,2-5,8-10H2,1H3. The lowest BCUT2D eigenvalue weighted by atomic mass is 9.99. The lowest BCUT2D eigenvalue weighted by molar-refractivity contribution is 0.461. The third-order valence-corrected chi connectivity index (χ3v) is 5.64. The fraction of sp³-hybridized carbons (Fsp3) is 0.625. The van der Waals surface area contributed by atoms with Crippen LogP contribution in [0, 0.1) is 5.82 Å². The lowest BCUT2D eigenvalue weighted by Crippen LogP contribution is -2.41. The molecule has 1 nitrogen and oxygen atoms in total. The third-order valence-electron chi connectivity index (χ3n) is 3.78. The van der Waals surface area contributed by atoms with Gasteiger partial charge >= 0.3 is 0 Å². The zero-order chi connectivity index (χ0) is 14.4. The van der Waals surface area contributed by atoms with Gasteiger partial charge < -0.3 is 5.32 Å². The normalized spacial score (nSPS) is 20.9. The summed E-state index contributed by atoms with van der Waals surface area (Å²) in [5.74, 6) is 0.996. The molecule has 1 saturated heterocycles. The maximum atomic E-state index is 13.1. The molecular formula is C16H23ClFNS. The second-order valence-electron chi connectivity index (χ2n) is 5.41. The molecule has 0 aromatic heterocycles. The molecule has 4 heteroatoms. The summed E-state index contributed by atoms with van der Waals surface area (Å²) in [6.45, 7) is 3.21. The average Bonchev–Trinajstić information content (AvgIpc) is 2.46. The SMILES string of the molecule is CCCNC(Cc1ccc(F)cc1Cl)C1CCCCS1. The van der Waals surface area contributed by atoms with Crippen molar-refractivity contribution in [1.82, 2.24) is 5.32 Å². The molecule has 1 fully saturated rings. The Morgan fingerprint density at radius 1 is 1.45 bits per heavy atom. The monoisotopic (exact) mass is 315 g/mol. The van der Waals surface area contributed by atoms with Crippen LogP contribution >= 0.6 is 23.4 Å². The van der Waals surface area contributed by atoms with Gasteiger partial charge in [0.25, 0.3) is 0 Å². The molecule has 2 atom stereocenters. The average molecular weight is 316 g/mol. The summed E-state index contributed by atoms with van der Waals surface area (Å²) in [6, 6.07) is 5.18. The summed E-state index contributed by atoms with van der Waals surface area (Å²) in [5.41, 5.74) is 1.05. The molecule has 1 aromatic carbocycles. The van der Waals surface area contributed by atoms with E-state index in [1.165, 1.54) is 37.1 Å². The fourth-order valence-electron chi connectivity index (χ4n) is 2.67. The Morgan fingerprint density at radius 2 is 2.30 bits per heavy atom. The van der Waals surface area contributed by atoms with E-state index in [1.807, 2.05) is 6.07 Å². The van der Waals surface area contributed by atoms with Gasteiger partial charge in [-0.25, -0.2) is 4.39 Å². The second-order valence-corrected chi connectivity index (χ2v) is 7.16. The summed E-state index contributed by atoms with van der Waals surface area (Å²) in [4.78, 5) is 0. The first-order valence-corrected chi connectivity index (χ1v) is 8.92. The van der Waals surface area contributed by atoms with E-state index < -0.39 is 0 Å². The molecule has 1 aromatic rings. The van der Waals surface area contributed by atoms with Crippen LogP contribution in [-0.2, 0) is 6.42 Å². The number of hydrogen-bond acceptors (Lipinski definition) is 2. The summed E-state index contributed by atoms with van der Waals surface area (Å²) in [7, 11) is 0. The Labute approximate surface area is 130 Å². The van der Waals surface area contributed by atoms with Crippen LogP contribution in [0.5, 0.6) is 0 Å². The maximum absolute atomic E-state index is 13.1. The predicted molar refractivity (Wildman–Crippen MR) is 87.3 cm³/mol. The Balaban J connectivity index is 2.05. The molecule has 2 unspecified atom stereocenters. The van der Waals surface area contributed by atoms with Gasteiger partial charge in [0.2, 0.25) is 0 Å². The van der Waals surface area contributed by atoms with Gasteiger partial charge in [0.05, 0.1) is 0 Å². The van der Waals surface area contributed by atoms with E-state index in [2.05, 4.69) is 24.0 Å². The Hall–Kier alpha value is -0.250. The van der Waals surface area contributed by atoms with E-state index in [0.717, 1.165) is 24.9 Å². The highest BCUT2D eigenvalue weighted by atomic mass is 35.5. The molecule has 0 bridgehead atoms. The highest BCUT2D eigenvalue weighted by Crippen LogP contribution is 2.30. The highest BCUT2D eigenvalue weighted by molar-refractivity contribution is 8.00. The minimum Gasteiger partial charge on any atom is -0.313 e. The molecule has 0 saturated carbocycles. The first-order valence-electron chi connectivity index (χ1n) is 7.49. The van der Waals surface area contributed by atoms with Crippen molar-refractivity contribution in [2.75, 3.05) is 12.3 Å². The zero-order valence-electron chi connectivity index (χ0n) is 12.0. The molecule has 1 N–H and O–H groups in total. The van der Waals surface area contributed by atoms with Crippen LogP contribution in [0.2, 0.25) is 5.02 Å². The number of halogens is 2. The van der Waals surface area contributed by atoms with Crippen molar-refractivity contribution in [3.05, 3.63) is 34.6 Å². The minimum absolute atomic E-state index is 0.260. The van der Waals surface area contributed by atoms with Gasteiger partial charge in [-0.1, -0.05) is 31.0 Å². The largest absolute Gasteiger partial charge is 0.313 e. The van der Waals surface area contributed by atoms with Crippen LogP contribution in [-0.4, -0.2) is 23.6 Å². The maximum Gasteiger partial charge on any atom is 0.124 e. The summed E-state index contributed by atoms with van der Waals surface area (Å²) < 4.78 is 13.1. The first-order chi connectivity index (χ1) is 9.70. The van der Waals surface area contributed by atoms with Gasteiger partial charge in [-0.2, -0.15) is 11.8 Å². The summed E-state index contributed by atoms with van der Waals surface area (Å²) >= 11 is 8.24. The number of rotatable bonds is 6. The Bertz CT molecular complexity index is 421. The smallest absolute Gasteiger partial charge is 0.124 e. The third kappa shape index (κ3) is 4.64. The van der Waals surface area contributed by atoms with Crippen molar-refractivity contribution in [3.63, 3.8) is 0 Å². The van der Waals surface area contributed by atoms with Gasteiger partial charge in [0, 0.05) is 16.3 Å². The fourth-order valence-corrected chi connectivity index (χ4v) is 4.35. The predicted octanol–water partition coefficient (Wildman–Crippen LogP) is 4.68. The van der Waals surface area contributed by atoms with Crippen LogP contribution in [0.25, 0.3) is 0 Å². The van der Waals surface area contributed by atoms with Crippen molar-refractivity contribution < 1.29 is 4.39 Å². The summed E-state index contributed by atoms with van der Waals surface area (Å²) in [6.07, 6.45) is 5.94. The molecule has 0 radical (unpaired) electrons. The lowest BCUT2D eigenvalue weighted by Gasteiger charge is -2.31. The van der Waals surface area contributed by atoms with Crippen molar-refractivity contribution in [2.45, 2.75) is 50.3 Å². The van der Waals surface area contributed by atoms with Gasteiger partial charge in [0.15, 0.2) is 0 Å². The first kappa shape index (κ1) is 16.1. The second kappa shape index (κ2) is 8.26. The number of benzene rings is 1. The minimum atomic E-state index is -0.260. The zero-order valence-corrected chi connectivity index (χ0v) is 13.6. The van der Waals surface area contributed by atoms with Crippen molar-refractivity contribution >= 4 is 23.4 Å². The Kier molecular flexibility index (Phi) is 6.66. The molecule has 112 valence electrons. The molecule has 1 aliphatic rings. The highest BCUT2D eigenvalue weighted by Gasteiger charge is 2.24. The van der Waals surface area contributed by atoms with Crippen LogP contribution in [0.3, 0.4) is 0 Å². The van der Waals surface area contributed by atoms with Crippen LogP contribution in [0.1, 0.15) is 38.2 Å². The van der Waals surface area contributed by atoms with Crippen molar-refractivity contribution in [2.24, 2.45) is 0 Å². The molecule has 1 heterocycles. The van der Waals surface area contributed by atoms with E-state index >= 15 is 0 Å². The molecule has 20 heavy (non-hydrogen) atoms. The van der Waals surface area contributed by atoms with Gasteiger partial charge in [-0.15, -0.1) is 0 Å². The van der Waals surface area contributed by atoms with Crippen LogP contribution in [0.4, 0.5) is 4.39 Å². The van der Waals surface area contributed by atoms with E-state index in [1.54, 1.807) is 0 Å². The Morgan fingerprint density at radius 3 is 2.95 bits per heavy atom. The molecule has 2 rings (SSSR count). The van der Waals surface area contributed by atoms with E-state index in [0.29, 0.717) is 16.3 Å². The number of hydrogen-bond donors (Lipinski definition) is 1. The number of thioether (sulfide) groups is 1. The summed E-state index contributed by atoms with van der Waals surface area (Å²) in [5, 5.41) is 4.86. The molecular weight excluding hydrogens is 293 g/mol. The molecule has 1 aliphatic heterocycles. The van der Waals surface area contributed by atoms with E-state index in [4.69, 9.17) is 11.6 Å². The van der Waals surface area contributed by atoms with Gasteiger partial charge in [-0.3, -0.25) is 0 Å². The van der Waals surface area contributed by atoms with E-state index in [9.17, 15) is 4.39 Å². The van der Waals surface area contributed by atoms with Crippen molar-refractivity contribution in [3.8, 4) is 0 Å². The molecule has 0 spiro atoms. The number of nitrogens with one attached hydrogen (secondary N) is 1. The quantitative estimate of drug-likeness (QED) is 0.818. The van der Waals surface area contributed by atoms with Gasteiger partial charge in [0.1, 0.15) is 5.82 Å². The van der Waals surface area contributed by atoms with E-state index in [-0.39, 0.29) is 5.82 Å². The molecule has 0 aliphatic carbocycles. The van der Waals surface area contributed by atoms with Gasteiger partial charge in [-0.05, 0) is 55.7 Å².